The maximum Gasteiger partial charge on any atom is 0.337 e. The minimum Gasteiger partial charge on any atom is -0.478 e. The highest BCUT2D eigenvalue weighted by molar-refractivity contribution is 6.33. The van der Waals surface area contributed by atoms with Crippen LogP contribution in [-0.2, 0) is 0 Å². The van der Waals surface area contributed by atoms with Gasteiger partial charge in [0.1, 0.15) is 5.82 Å². The first kappa shape index (κ1) is 16.0. The zero-order chi connectivity index (χ0) is 16.3. The van der Waals surface area contributed by atoms with Crippen molar-refractivity contribution in [3.8, 4) is 11.1 Å². The molecule has 2 aromatic carbocycles. The highest BCUT2D eigenvalue weighted by Crippen LogP contribution is 2.27. The molecule has 0 aromatic heterocycles. The molecule has 0 aliphatic carbocycles. The summed E-state index contributed by atoms with van der Waals surface area (Å²) in [5, 5.41) is 11.5. The van der Waals surface area contributed by atoms with Crippen molar-refractivity contribution >= 4 is 23.5 Å². The van der Waals surface area contributed by atoms with Crippen LogP contribution in [0.5, 0.6) is 0 Å². The van der Waals surface area contributed by atoms with E-state index in [1.165, 1.54) is 30.3 Å². The van der Waals surface area contributed by atoms with Crippen LogP contribution < -0.4 is 5.32 Å². The van der Waals surface area contributed by atoms with Gasteiger partial charge in [-0.1, -0.05) is 23.7 Å². The Kier molecular flexibility index (Phi) is 4.78. The number of rotatable bonds is 4. The second kappa shape index (κ2) is 6.58. The van der Waals surface area contributed by atoms with Crippen molar-refractivity contribution in [2.75, 3.05) is 6.54 Å². The van der Waals surface area contributed by atoms with Gasteiger partial charge in [0.15, 0.2) is 0 Å². The van der Waals surface area contributed by atoms with Crippen molar-refractivity contribution in [3.63, 3.8) is 0 Å². The van der Waals surface area contributed by atoms with Gasteiger partial charge in [0.05, 0.1) is 16.1 Å². The third kappa shape index (κ3) is 3.26. The molecule has 0 saturated heterocycles. The third-order valence-electron chi connectivity index (χ3n) is 3.08. The van der Waals surface area contributed by atoms with E-state index in [0.29, 0.717) is 17.7 Å². The topological polar surface area (TPSA) is 66.4 Å². The SMILES string of the molecule is CCNC(=O)c1ccc(-c2ccc(C(=O)O)c(Cl)c2)cc1F. The molecule has 2 aromatic rings. The number of aromatic carboxylic acids is 1. The molecule has 0 aliphatic rings. The molecule has 0 fully saturated rings. The van der Waals surface area contributed by atoms with E-state index in [1.807, 2.05) is 0 Å². The molecule has 0 spiro atoms. The number of carbonyl (C=O) groups excluding carboxylic acids is 1. The van der Waals surface area contributed by atoms with Crippen LogP contribution >= 0.6 is 11.6 Å². The predicted molar refractivity (Wildman–Crippen MR) is 81.8 cm³/mol. The van der Waals surface area contributed by atoms with Crippen molar-refractivity contribution in [2.24, 2.45) is 0 Å². The second-order valence-electron chi connectivity index (χ2n) is 4.55. The molecular weight excluding hydrogens is 309 g/mol. The zero-order valence-electron chi connectivity index (χ0n) is 11.7. The van der Waals surface area contributed by atoms with Crippen molar-refractivity contribution in [1.29, 1.82) is 0 Å². The van der Waals surface area contributed by atoms with Gasteiger partial charge < -0.3 is 10.4 Å². The Hall–Kier alpha value is -2.40. The van der Waals surface area contributed by atoms with Crippen LogP contribution in [0.2, 0.25) is 5.02 Å². The molecule has 0 radical (unpaired) electrons. The van der Waals surface area contributed by atoms with Gasteiger partial charge in [0.2, 0.25) is 0 Å². The number of halogens is 2. The van der Waals surface area contributed by atoms with Gasteiger partial charge in [-0.25, -0.2) is 9.18 Å². The monoisotopic (exact) mass is 321 g/mol. The quantitative estimate of drug-likeness (QED) is 0.904. The molecule has 0 aliphatic heterocycles. The maximum absolute atomic E-state index is 14.0. The van der Waals surface area contributed by atoms with Gasteiger partial charge in [-0.05, 0) is 42.3 Å². The molecule has 4 nitrogen and oxygen atoms in total. The Bertz CT molecular complexity index is 746. The van der Waals surface area contributed by atoms with Gasteiger partial charge in [0.25, 0.3) is 5.91 Å². The van der Waals surface area contributed by atoms with Crippen LogP contribution in [0.15, 0.2) is 36.4 Å². The summed E-state index contributed by atoms with van der Waals surface area (Å²) in [6.45, 7) is 2.16. The second-order valence-corrected chi connectivity index (χ2v) is 4.96. The molecule has 0 heterocycles. The summed E-state index contributed by atoms with van der Waals surface area (Å²) in [5.74, 6) is -2.26. The van der Waals surface area contributed by atoms with E-state index in [2.05, 4.69) is 5.32 Å². The van der Waals surface area contributed by atoms with Gasteiger partial charge in [-0.15, -0.1) is 0 Å². The molecule has 1 amide bonds. The van der Waals surface area contributed by atoms with Crippen LogP contribution in [0.1, 0.15) is 27.6 Å². The molecule has 2 rings (SSSR count). The van der Waals surface area contributed by atoms with E-state index >= 15 is 0 Å². The summed E-state index contributed by atoms with van der Waals surface area (Å²) >= 11 is 5.90. The van der Waals surface area contributed by atoms with E-state index in [1.54, 1.807) is 13.0 Å². The Morgan fingerprint density at radius 2 is 1.73 bits per heavy atom. The first-order valence-electron chi connectivity index (χ1n) is 6.55. The number of hydrogen-bond acceptors (Lipinski definition) is 2. The Labute approximate surface area is 131 Å². The Balaban J connectivity index is 2.38. The third-order valence-corrected chi connectivity index (χ3v) is 3.40. The number of hydrogen-bond donors (Lipinski definition) is 2. The van der Waals surface area contributed by atoms with Gasteiger partial charge in [-0.3, -0.25) is 4.79 Å². The largest absolute Gasteiger partial charge is 0.478 e. The summed E-state index contributed by atoms with van der Waals surface area (Å²) in [5.41, 5.74) is 1.00. The van der Waals surface area contributed by atoms with Crippen LogP contribution in [0.4, 0.5) is 4.39 Å². The molecule has 22 heavy (non-hydrogen) atoms. The Morgan fingerprint density at radius 3 is 2.23 bits per heavy atom. The van der Waals surface area contributed by atoms with Crippen LogP contribution in [0.25, 0.3) is 11.1 Å². The minimum atomic E-state index is -1.13. The summed E-state index contributed by atoms with van der Waals surface area (Å²) in [7, 11) is 0. The zero-order valence-corrected chi connectivity index (χ0v) is 12.4. The molecule has 114 valence electrons. The number of amides is 1. The van der Waals surface area contributed by atoms with Crippen molar-refractivity contribution in [2.45, 2.75) is 6.92 Å². The van der Waals surface area contributed by atoms with Crippen LogP contribution in [0, 0.1) is 5.82 Å². The van der Waals surface area contributed by atoms with E-state index in [9.17, 15) is 14.0 Å². The summed E-state index contributed by atoms with van der Waals surface area (Å²) in [4.78, 5) is 22.6. The fourth-order valence-electron chi connectivity index (χ4n) is 2.00. The summed E-state index contributed by atoms with van der Waals surface area (Å²) in [6.07, 6.45) is 0. The van der Waals surface area contributed by atoms with Crippen LogP contribution in [-0.4, -0.2) is 23.5 Å². The van der Waals surface area contributed by atoms with E-state index < -0.39 is 17.7 Å². The number of carboxylic acid groups (broad SMARTS) is 1. The standard InChI is InChI=1S/C16H13ClFNO3/c1-2-19-15(20)12-6-4-10(8-14(12)18)9-3-5-11(16(21)22)13(17)7-9/h3-8H,2H2,1H3,(H,19,20)(H,21,22). The minimum absolute atomic E-state index is 0.0233. The molecule has 0 unspecified atom stereocenters. The average Bonchev–Trinajstić information content (AvgIpc) is 2.46. The highest BCUT2D eigenvalue weighted by Gasteiger charge is 2.13. The first-order valence-corrected chi connectivity index (χ1v) is 6.92. The smallest absolute Gasteiger partial charge is 0.337 e. The number of carboxylic acids is 1. The maximum atomic E-state index is 14.0. The lowest BCUT2D eigenvalue weighted by atomic mass is 10.0. The lowest BCUT2D eigenvalue weighted by Gasteiger charge is -2.08. The molecule has 0 bridgehead atoms. The molecule has 0 atom stereocenters. The van der Waals surface area contributed by atoms with E-state index in [-0.39, 0.29) is 16.1 Å². The van der Waals surface area contributed by atoms with Crippen molar-refractivity contribution < 1.29 is 19.1 Å². The Morgan fingerprint density at radius 1 is 1.14 bits per heavy atom. The molecule has 0 saturated carbocycles. The fraction of sp³-hybridized carbons (Fsp3) is 0.125. The highest BCUT2D eigenvalue weighted by atomic mass is 35.5. The lowest BCUT2D eigenvalue weighted by Crippen LogP contribution is -2.23. The predicted octanol–water partition coefficient (Wildman–Crippen LogP) is 3.59. The summed E-state index contributed by atoms with van der Waals surface area (Å²) in [6, 6.07) is 8.53. The van der Waals surface area contributed by atoms with Crippen molar-refractivity contribution in [3.05, 3.63) is 58.4 Å². The number of nitrogens with one attached hydrogen (secondary N) is 1. The molecule has 2 N–H and O–H groups in total. The first-order chi connectivity index (χ1) is 10.4. The molecular formula is C16H13ClFNO3. The van der Waals surface area contributed by atoms with Crippen LogP contribution in [0.3, 0.4) is 0 Å². The molecule has 6 heteroatoms. The van der Waals surface area contributed by atoms with E-state index in [0.717, 1.165) is 0 Å². The lowest BCUT2D eigenvalue weighted by molar-refractivity contribution is 0.0696. The van der Waals surface area contributed by atoms with Gasteiger partial charge >= 0.3 is 5.97 Å². The summed E-state index contributed by atoms with van der Waals surface area (Å²) < 4.78 is 14.0. The van der Waals surface area contributed by atoms with E-state index in [4.69, 9.17) is 16.7 Å². The van der Waals surface area contributed by atoms with Crippen molar-refractivity contribution in [1.82, 2.24) is 5.32 Å². The van der Waals surface area contributed by atoms with Gasteiger partial charge in [-0.2, -0.15) is 0 Å². The fourth-order valence-corrected chi connectivity index (χ4v) is 2.26. The number of benzene rings is 2. The van der Waals surface area contributed by atoms with Gasteiger partial charge in [0, 0.05) is 6.54 Å². The normalized spacial score (nSPS) is 10.3. The number of carbonyl (C=O) groups is 2. The average molecular weight is 322 g/mol.